The van der Waals surface area contributed by atoms with Crippen molar-refractivity contribution in [1.29, 1.82) is 0 Å². The minimum absolute atomic E-state index is 0.0254. The van der Waals surface area contributed by atoms with E-state index in [0.29, 0.717) is 12.1 Å². The molecule has 1 aromatic carbocycles. The molecule has 0 radical (unpaired) electrons. The molecular weight excluding hydrogens is 290 g/mol. The highest BCUT2D eigenvalue weighted by Gasteiger charge is 2.34. The number of ether oxygens (including phenoxy) is 1. The van der Waals surface area contributed by atoms with Crippen molar-refractivity contribution >= 4 is 10.0 Å². The van der Waals surface area contributed by atoms with Crippen molar-refractivity contribution < 1.29 is 30.7 Å². The van der Waals surface area contributed by atoms with Gasteiger partial charge in [-0.2, -0.15) is 13.2 Å². The maximum Gasteiger partial charge on any atom is 0.419 e. The van der Waals surface area contributed by atoms with E-state index in [1.54, 1.807) is 0 Å². The average Bonchev–Trinajstić information content (AvgIpc) is 2.23. The number of rotatable bonds is 5. The fraction of sp³-hybridized carbons (Fsp3) is 0.400. The van der Waals surface area contributed by atoms with Crippen molar-refractivity contribution in [1.82, 2.24) is 0 Å². The topological polar surface area (TPSA) is 69.4 Å². The number of halogens is 4. The summed E-state index contributed by atoms with van der Waals surface area (Å²) >= 11 is 0. The summed E-state index contributed by atoms with van der Waals surface area (Å²) in [5.41, 5.74) is -1.43. The summed E-state index contributed by atoms with van der Waals surface area (Å²) in [4.78, 5) is 0. The summed E-state index contributed by atoms with van der Waals surface area (Å²) in [5, 5.41) is 4.73. The van der Waals surface area contributed by atoms with Crippen LogP contribution in [0.2, 0.25) is 0 Å². The second-order valence-corrected chi connectivity index (χ2v) is 5.44. The van der Waals surface area contributed by atoms with E-state index >= 15 is 0 Å². The Balaban J connectivity index is 2.66. The standard InChI is InChI=1S/C10H11F4NO3S/c11-9-3-2-7(6-8(9)10(12,13)14)18-4-1-5-19(15,16)17/h2-3,6H,1,4-5H2,(H2,15,16,17). The largest absolute Gasteiger partial charge is 0.494 e. The van der Waals surface area contributed by atoms with Crippen molar-refractivity contribution in [2.24, 2.45) is 5.14 Å². The number of hydrogen-bond donors (Lipinski definition) is 1. The molecule has 9 heteroatoms. The van der Waals surface area contributed by atoms with Gasteiger partial charge in [-0.3, -0.25) is 0 Å². The van der Waals surface area contributed by atoms with Gasteiger partial charge in [0.15, 0.2) is 0 Å². The van der Waals surface area contributed by atoms with E-state index in [2.05, 4.69) is 0 Å². The summed E-state index contributed by atoms with van der Waals surface area (Å²) in [6.07, 6.45) is -4.79. The highest BCUT2D eigenvalue weighted by atomic mass is 32.2. The Morgan fingerprint density at radius 2 is 1.89 bits per heavy atom. The molecular formula is C10H11F4NO3S. The molecule has 0 aromatic heterocycles. The third-order valence-electron chi connectivity index (χ3n) is 2.09. The molecule has 0 fully saturated rings. The van der Waals surface area contributed by atoms with Gasteiger partial charge in [0.25, 0.3) is 0 Å². The van der Waals surface area contributed by atoms with E-state index in [4.69, 9.17) is 9.88 Å². The number of primary sulfonamides is 1. The molecule has 19 heavy (non-hydrogen) atoms. The molecule has 108 valence electrons. The lowest BCUT2D eigenvalue weighted by atomic mass is 10.2. The fourth-order valence-electron chi connectivity index (χ4n) is 1.26. The Bertz CT molecular complexity index is 542. The molecule has 2 N–H and O–H groups in total. The first-order valence-corrected chi connectivity index (χ1v) is 6.81. The zero-order chi connectivity index (χ0) is 14.7. The normalized spacial score (nSPS) is 12.5. The van der Waals surface area contributed by atoms with Crippen LogP contribution >= 0.6 is 0 Å². The van der Waals surface area contributed by atoms with Gasteiger partial charge in [-0.25, -0.2) is 17.9 Å². The van der Waals surface area contributed by atoms with Gasteiger partial charge in [0.1, 0.15) is 11.6 Å². The van der Waals surface area contributed by atoms with Crippen molar-refractivity contribution in [3.63, 3.8) is 0 Å². The lowest BCUT2D eigenvalue weighted by Gasteiger charge is -2.11. The minimum atomic E-state index is -4.82. The first kappa shape index (κ1) is 15.7. The van der Waals surface area contributed by atoms with Crippen LogP contribution in [-0.2, 0) is 16.2 Å². The maximum absolute atomic E-state index is 12.9. The molecule has 1 rings (SSSR count). The predicted molar refractivity (Wildman–Crippen MR) is 59.5 cm³/mol. The third-order valence-corrected chi connectivity index (χ3v) is 2.94. The second kappa shape index (κ2) is 5.74. The molecule has 0 atom stereocenters. The monoisotopic (exact) mass is 301 g/mol. The van der Waals surface area contributed by atoms with Crippen LogP contribution in [0.1, 0.15) is 12.0 Å². The maximum atomic E-state index is 12.9. The Kier molecular flexibility index (Phi) is 4.75. The number of alkyl halides is 3. The van der Waals surface area contributed by atoms with Crippen LogP contribution in [0, 0.1) is 5.82 Å². The lowest BCUT2D eigenvalue weighted by Crippen LogP contribution is -2.18. The van der Waals surface area contributed by atoms with Crippen LogP contribution in [0.5, 0.6) is 5.75 Å². The first-order valence-electron chi connectivity index (χ1n) is 5.09. The molecule has 0 unspecified atom stereocenters. The Hall–Kier alpha value is -1.35. The Morgan fingerprint density at radius 1 is 1.26 bits per heavy atom. The number of nitrogens with two attached hydrogens (primary N) is 1. The van der Waals surface area contributed by atoms with Crippen LogP contribution < -0.4 is 9.88 Å². The van der Waals surface area contributed by atoms with E-state index in [-0.39, 0.29) is 24.5 Å². The summed E-state index contributed by atoms with van der Waals surface area (Å²) in [7, 11) is -3.64. The first-order chi connectivity index (χ1) is 8.59. The third kappa shape index (κ3) is 5.43. The van der Waals surface area contributed by atoms with E-state index in [9.17, 15) is 26.0 Å². The van der Waals surface area contributed by atoms with Gasteiger partial charge in [0, 0.05) is 0 Å². The molecule has 1 aromatic rings. The van der Waals surface area contributed by atoms with Gasteiger partial charge in [-0.15, -0.1) is 0 Å². The summed E-state index contributed by atoms with van der Waals surface area (Å²) in [6.45, 7) is -0.140. The van der Waals surface area contributed by atoms with Gasteiger partial charge in [0.2, 0.25) is 10.0 Å². The minimum Gasteiger partial charge on any atom is -0.494 e. The van der Waals surface area contributed by atoms with E-state index in [1.807, 2.05) is 0 Å². The molecule has 0 spiro atoms. The Labute approximate surface area is 107 Å². The molecule has 0 aliphatic carbocycles. The van der Waals surface area contributed by atoms with Crippen molar-refractivity contribution in [2.75, 3.05) is 12.4 Å². The zero-order valence-electron chi connectivity index (χ0n) is 9.58. The average molecular weight is 301 g/mol. The molecule has 0 aliphatic heterocycles. The van der Waals surface area contributed by atoms with Crippen LogP contribution in [0.15, 0.2) is 18.2 Å². The zero-order valence-corrected chi connectivity index (χ0v) is 10.4. The SMILES string of the molecule is NS(=O)(=O)CCCOc1ccc(F)c(C(F)(F)F)c1. The van der Waals surface area contributed by atoms with Crippen LogP contribution in [0.4, 0.5) is 17.6 Å². The predicted octanol–water partition coefficient (Wildman–Crippen LogP) is 1.90. The van der Waals surface area contributed by atoms with E-state index in [1.165, 1.54) is 0 Å². The van der Waals surface area contributed by atoms with Gasteiger partial charge in [0.05, 0.1) is 17.9 Å². The number of benzene rings is 1. The van der Waals surface area contributed by atoms with Gasteiger partial charge >= 0.3 is 6.18 Å². The highest BCUT2D eigenvalue weighted by Crippen LogP contribution is 2.33. The van der Waals surface area contributed by atoms with E-state index < -0.39 is 27.6 Å². The van der Waals surface area contributed by atoms with Crippen LogP contribution in [0.25, 0.3) is 0 Å². The molecule has 0 amide bonds. The molecule has 0 saturated heterocycles. The quantitative estimate of drug-likeness (QED) is 0.667. The summed E-state index contributed by atoms with van der Waals surface area (Å²) < 4.78 is 76.2. The highest BCUT2D eigenvalue weighted by molar-refractivity contribution is 7.89. The van der Waals surface area contributed by atoms with Crippen molar-refractivity contribution in [2.45, 2.75) is 12.6 Å². The van der Waals surface area contributed by atoms with Crippen LogP contribution in [0.3, 0.4) is 0 Å². The summed E-state index contributed by atoms with van der Waals surface area (Å²) in [5.74, 6) is -1.94. The van der Waals surface area contributed by atoms with Crippen LogP contribution in [-0.4, -0.2) is 20.8 Å². The smallest absolute Gasteiger partial charge is 0.419 e. The molecule has 0 bridgehead atoms. The van der Waals surface area contributed by atoms with E-state index in [0.717, 1.165) is 6.07 Å². The van der Waals surface area contributed by atoms with Crippen molar-refractivity contribution in [3.8, 4) is 5.75 Å². The Morgan fingerprint density at radius 3 is 2.42 bits per heavy atom. The van der Waals surface area contributed by atoms with Crippen molar-refractivity contribution in [3.05, 3.63) is 29.6 Å². The number of hydrogen-bond acceptors (Lipinski definition) is 3. The lowest BCUT2D eigenvalue weighted by molar-refractivity contribution is -0.140. The number of sulfonamides is 1. The van der Waals surface area contributed by atoms with Gasteiger partial charge in [-0.1, -0.05) is 0 Å². The molecule has 0 saturated carbocycles. The fourth-order valence-corrected chi connectivity index (χ4v) is 1.78. The molecule has 0 heterocycles. The summed E-state index contributed by atoms with van der Waals surface area (Å²) in [6, 6.07) is 2.19. The molecule has 4 nitrogen and oxygen atoms in total. The molecule has 0 aliphatic rings. The van der Waals surface area contributed by atoms with Gasteiger partial charge < -0.3 is 4.74 Å². The second-order valence-electron chi connectivity index (χ2n) is 3.71. The van der Waals surface area contributed by atoms with Gasteiger partial charge in [-0.05, 0) is 24.6 Å².